The summed E-state index contributed by atoms with van der Waals surface area (Å²) in [6, 6.07) is 10.4. The van der Waals surface area contributed by atoms with E-state index < -0.39 is 0 Å². The second-order valence-electron chi connectivity index (χ2n) is 5.86. The van der Waals surface area contributed by atoms with Crippen molar-refractivity contribution in [2.24, 2.45) is 0 Å². The van der Waals surface area contributed by atoms with Crippen LogP contribution in [0.5, 0.6) is 0 Å². The SMILES string of the molecule is CC(Nc1cc(Cl)ccc1N1CCCCC1)c1ccncc1. The molecule has 0 amide bonds. The van der Waals surface area contributed by atoms with Crippen LogP contribution in [0.25, 0.3) is 0 Å². The van der Waals surface area contributed by atoms with Gasteiger partial charge in [-0.15, -0.1) is 0 Å². The minimum atomic E-state index is 0.213. The molecule has 2 aromatic rings. The highest BCUT2D eigenvalue weighted by Crippen LogP contribution is 2.33. The van der Waals surface area contributed by atoms with Crippen LogP contribution < -0.4 is 10.2 Å². The van der Waals surface area contributed by atoms with E-state index in [-0.39, 0.29) is 6.04 Å². The Hall–Kier alpha value is -1.74. The van der Waals surface area contributed by atoms with Crippen molar-refractivity contribution in [1.82, 2.24) is 4.98 Å². The van der Waals surface area contributed by atoms with Gasteiger partial charge in [0, 0.05) is 36.5 Å². The molecule has 3 rings (SSSR count). The minimum absolute atomic E-state index is 0.213. The summed E-state index contributed by atoms with van der Waals surface area (Å²) in [6.07, 6.45) is 7.53. The molecule has 1 aliphatic heterocycles. The zero-order valence-corrected chi connectivity index (χ0v) is 13.7. The molecule has 0 radical (unpaired) electrons. The van der Waals surface area contributed by atoms with Crippen LogP contribution in [0.4, 0.5) is 11.4 Å². The van der Waals surface area contributed by atoms with Gasteiger partial charge in [-0.3, -0.25) is 4.98 Å². The molecule has 2 heterocycles. The van der Waals surface area contributed by atoms with Gasteiger partial charge in [0.15, 0.2) is 0 Å². The molecule has 0 aliphatic carbocycles. The van der Waals surface area contributed by atoms with Gasteiger partial charge in [0.2, 0.25) is 0 Å². The van der Waals surface area contributed by atoms with Crippen molar-refractivity contribution in [1.29, 1.82) is 0 Å². The van der Waals surface area contributed by atoms with E-state index >= 15 is 0 Å². The summed E-state index contributed by atoms with van der Waals surface area (Å²) in [4.78, 5) is 6.54. The van der Waals surface area contributed by atoms with Gasteiger partial charge in [0.1, 0.15) is 0 Å². The van der Waals surface area contributed by atoms with Crippen molar-refractivity contribution in [3.05, 3.63) is 53.3 Å². The summed E-state index contributed by atoms with van der Waals surface area (Å²) in [5.74, 6) is 0. The van der Waals surface area contributed by atoms with Crippen LogP contribution in [0.1, 0.15) is 37.8 Å². The first-order valence-corrected chi connectivity index (χ1v) is 8.33. The van der Waals surface area contributed by atoms with E-state index in [4.69, 9.17) is 11.6 Å². The predicted molar refractivity (Wildman–Crippen MR) is 93.8 cm³/mol. The van der Waals surface area contributed by atoms with Gasteiger partial charge in [0.05, 0.1) is 11.4 Å². The molecule has 116 valence electrons. The smallest absolute Gasteiger partial charge is 0.0603 e. The van der Waals surface area contributed by atoms with Crippen LogP contribution in [0, 0.1) is 0 Å². The molecule has 0 bridgehead atoms. The van der Waals surface area contributed by atoms with Crippen molar-refractivity contribution in [3.8, 4) is 0 Å². The lowest BCUT2D eigenvalue weighted by atomic mass is 10.1. The monoisotopic (exact) mass is 315 g/mol. The molecular formula is C18H22ClN3. The molecule has 1 aromatic carbocycles. The van der Waals surface area contributed by atoms with E-state index in [1.54, 1.807) is 0 Å². The molecule has 1 unspecified atom stereocenters. The Morgan fingerprint density at radius 2 is 1.82 bits per heavy atom. The zero-order chi connectivity index (χ0) is 15.4. The molecule has 1 N–H and O–H groups in total. The van der Waals surface area contributed by atoms with Crippen LogP contribution in [0.15, 0.2) is 42.7 Å². The van der Waals surface area contributed by atoms with Gasteiger partial charge in [-0.25, -0.2) is 0 Å². The highest BCUT2D eigenvalue weighted by molar-refractivity contribution is 6.31. The van der Waals surface area contributed by atoms with Gasteiger partial charge in [-0.05, 0) is 62.1 Å². The Balaban J connectivity index is 1.84. The fourth-order valence-corrected chi connectivity index (χ4v) is 3.18. The lowest BCUT2D eigenvalue weighted by molar-refractivity contribution is 0.578. The van der Waals surface area contributed by atoms with Crippen LogP contribution in [-0.2, 0) is 0 Å². The first-order chi connectivity index (χ1) is 10.7. The second kappa shape index (κ2) is 7.01. The molecule has 1 atom stereocenters. The van der Waals surface area contributed by atoms with Crippen molar-refractivity contribution in [2.75, 3.05) is 23.3 Å². The number of halogens is 1. The number of pyridine rings is 1. The summed E-state index contributed by atoms with van der Waals surface area (Å²) >= 11 is 6.22. The number of piperidine rings is 1. The lowest BCUT2D eigenvalue weighted by Gasteiger charge is -2.31. The number of nitrogens with zero attached hydrogens (tertiary/aromatic N) is 2. The molecule has 4 heteroatoms. The van der Waals surface area contributed by atoms with Crippen LogP contribution in [-0.4, -0.2) is 18.1 Å². The summed E-state index contributed by atoms with van der Waals surface area (Å²) < 4.78 is 0. The van der Waals surface area contributed by atoms with Crippen molar-refractivity contribution < 1.29 is 0 Å². The van der Waals surface area contributed by atoms with Crippen LogP contribution in [0.2, 0.25) is 5.02 Å². The van der Waals surface area contributed by atoms with Gasteiger partial charge in [-0.2, -0.15) is 0 Å². The molecule has 0 spiro atoms. The Kier molecular flexibility index (Phi) is 4.84. The number of hydrogen-bond acceptors (Lipinski definition) is 3. The molecule has 0 saturated carbocycles. The normalized spacial score (nSPS) is 16.4. The van der Waals surface area contributed by atoms with Crippen molar-refractivity contribution in [2.45, 2.75) is 32.2 Å². The maximum absolute atomic E-state index is 6.22. The number of anilines is 2. The third kappa shape index (κ3) is 3.53. The van der Waals surface area contributed by atoms with Crippen molar-refractivity contribution >= 4 is 23.0 Å². The van der Waals surface area contributed by atoms with E-state index in [0.29, 0.717) is 0 Å². The first kappa shape index (κ1) is 15.2. The Labute approximate surface area is 137 Å². The van der Waals surface area contributed by atoms with E-state index in [1.807, 2.05) is 36.7 Å². The largest absolute Gasteiger partial charge is 0.377 e. The molecule has 1 aromatic heterocycles. The Morgan fingerprint density at radius 1 is 1.09 bits per heavy atom. The average molecular weight is 316 g/mol. The molecule has 3 nitrogen and oxygen atoms in total. The van der Waals surface area contributed by atoms with Crippen LogP contribution in [0.3, 0.4) is 0 Å². The van der Waals surface area contributed by atoms with Gasteiger partial charge in [0.25, 0.3) is 0 Å². The number of aromatic nitrogens is 1. The van der Waals surface area contributed by atoms with Gasteiger partial charge in [-0.1, -0.05) is 11.6 Å². The first-order valence-electron chi connectivity index (χ1n) is 7.95. The molecular weight excluding hydrogens is 294 g/mol. The van der Waals surface area contributed by atoms with E-state index in [2.05, 4.69) is 28.2 Å². The molecule has 22 heavy (non-hydrogen) atoms. The quantitative estimate of drug-likeness (QED) is 0.870. The zero-order valence-electron chi connectivity index (χ0n) is 12.9. The molecule has 1 fully saturated rings. The Bertz CT molecular complexity index is 609. The average Bonchev–Trinajstić information content (AvgIpc) is 2.56. The second-order valence-corrected chi connectivity index (χ2v) is 6.29. The molecule has 1 saturated heterocycles. The third-order valence-electron chi connectivity index (χ3n) is 4.23. The van der Waals surface area contributed by atoms with Gasteiger partial charge < -0.3 is 10.2 Å². The van der Waals surface area contributed by atoms with Crippen molar-refractivity contribution in [3.63, 3.8) is 0 Å². The third-order valence-corrected chi connectivity index (χ3v) is 4.47. The summed E-state index contributed by atoms with van der Waals surface area (Å²) in [5.41, 5.74) is 3.59. The standard InChI is InChI=1S/C18H22ClN3/c1-14(15-7-9-20-10-8-15)21-17-13-16(19)5-6-18(17)22-11-3-2-4-12-22/h5-10,13-14,21H,2-4,11-12H2,1H3. The molecule has 1 aliphatic rings. The summed E-state index contributed by atoms with van der Waals surface area (Å²) in [7, 11) is 0. The maximum atomic E-state index is 6.22. The predicted octanol–water partition coefficient (Wildman–Crippen LogP) is 4.90. The fourth-order valence-electron chi connectivity index (χ4n) is 3.00. The number of rotatable bonds is 4. The lowest BCUT2D eigenvalue weighted by Crippen LogP contribution is -2.30. The maximum Gasteiger partial charge on any atom is 0.0603 e. The Morgan fingerprint density at radius 3 is 2.55 bits per heavy atom. The van der Waals surface area contributed by atoms with E-state index in [1.165, 1.54) is 30.5 Å². The summed E-state index contributed by atoms with van der Waals surface area (Å²) in [5, 5.41) is 4.38. The summed E-state index contributed by atoms with van der Waals surface area (Å²) in [6.45, 7) is 4.41. The number of nitrogens with one attached hydrogen (secondary N) is 1. The highest BCUT2D eigenvalue weighted by atomic mass is 35.5. The highest BCUT2D eigenvalue weighted by Gasteiger charge is 2.16. The fraction of sp³-hybridized carbons (Fsp3) is 0.389. The van der Waals surface area contributed by atoms with Gasteiger partial charge >= 0.3 is 0 Å². The number of hydrogen-bond donors (Lipinski definition) is 1. The minimum Gasteiger partial charge on any atom is -0.377 e. The van der Waals surface area contributed by atoms with E-state index in [0.717, 1.165) is 23.8 Å². The topological polar surface area (TPSA) is 28.2 Å². The number of benzene rings is 1. The van der Waals surface area contributed by atoms with E-state index in [9.17, 15) is 0 Å². The van der Waals surface area contributed by atoms with Crippen LogP contribution >= 0.6 is 11.6 Å².